The van der Waals surface area contributed by atoms with Crippen LogP contribution in [0.1, 0.15) is 5.56 Å². The van der Waals surface area contributed by atoms with Crippen molar-refractivity contribution in [3.8, 4) is 5.75 Å². The normalized spacial score (nSPS) is 12.5. The molecule has 0 unspecified atom stereocenters. The van der Waals surface area contributed by atoms with E-state index in [1.54, 1.807) is 0 Å². The first-order valence-electron chi connectivity index (χ1n) is 15.5. The lowest BCUT2D eigenvalue weighted by Gasteiger charge is -2.14. The number of phenols is 1. The maximum Gasteiger partial charge on any atom is 0.296 e. The number of aryl methyl sites for hydroxylation is 1. The van der Waals surface area contributed by atoms with E-state index < -0.39 is 113 Å². The van der Waals surface area contributed by atoms with E-state index in [4.69, 9.17) is 17.3 Å². The summed E-state index contributed by atoms with van der Waals surface area (Å²) < 4.78 is 146. The minimum Gasteiger partial charge on any atom is -0.505 e. The lowest BCUT2D eigenvalue weighted by molar-refractivity contribution is 0.476. The van der Waals surface area contributed by atoms with Gasteiger partial charge < -0.3 is 21.5 Å². The van der Waals surface area contributed by atoms with Crippen LogP contribution in [0.4, 0.5) is 64.6 Å². The van der Waals surface area contributed by atoms with Gasteiger partial charge in [0, 0.05) is 11.4 Å². The van der Waals surface area contributed by atoms with Crippen molar-refractivity contribution < 1.29 is 57.2 Å². The van der Waals surface area contributed by atoms with Crippen LogP contribution in [0.15, 0.2) is 96.3 Å². The molecule has 0 radical (unpaired) electrons. The van der Waals surface area contributed by atoms with Gasteiger partial charge >= 0.3 is 0 Å². The lowest BCUT2D eigenvalue weighted by atomic mass is 10.0. The molecule has 0 saturated carbocycles. The number of hydrogen-bond donors (Lipinski definition) is 7. The number of hydrogen-bond acceptors (Lipinski definition) is 18. The average Bonchev–Trinajstić information content (AvgIpc) is 3.13. The largest absolute Gasteiger partial charge is 0.505 e. The molecule has 0 aliphatic rings. The Morgan fingerprint density at radius 3 is 1.69 bits per heavy atom. The van der Waals surface area contributed by atoms with Crippen LogP contribution < -0.4 is 16.4 Å². The molecule has 0 atom stereocenters. The molecule has 0 aliphatic heterocycles. The highest BCUT2D eigenvalue weighted by atomic mass is 35.5. The number of nitrogens with one attached hydrogen (secondary N) is 2. The third-order valence-electron chi connectivity index (χ3n) is 7.83. The molecule has 0 fully saturated rings. The fraction of sp³-hybridized carbons (Fsp3) is 0.0323. The molecule has 306 valence electrons. The van der Waals surface area contributed by atoms with E-state index in [2.05, 4.69) is 51.0 Å². The van der Waals surface area contributed by atoms with Crippen molar-refractivity contribution in [1.82, 2.24) is 19.9 Å². The van der Waals surface area contributed by atoms with Gasteiger partial charge in [0.2, 0.25) is 11.8 Å². The van der Waals surface area contributed by atoms with E-state index in [9.17, 15) is 57.2 Å². The number of halogens is 4. The summed E-state index contributed by atoms with van der Waals surface area (Å²) in [6.45, 7) is 1.35. The second kappa shape index (κ2) is 15.7. The van der Waals surface area contributed by atoms with Gasteiger partial charge in [-0.15, -0.1) is 20.5 Å². The molecular formula is C31H21ClF3N11O10S3. The van der Waals surface area contributed by atoms with E-state index in [0.717, 1.165) is 48.8 Å². The molecule has 28 heteroatoms. The Morgan fingerprint density at radius 1 is 0.661 bits per heavy atom. The van der Waals surface area contributed by atoms with Gasteiger partial charge in [-0.1, -0.05) is 11.6 Å². The number of phenolic OH excluding ortho intramolecular Hbond substituents is 1. The van der Waals surface area contributed by atoms with Crippen LogP contribution >= 0.6 is 11.6 Å². The van der Waals surface area contributed by atoms with Crippen molar-refractivity contribution in [3.05, 3.63) is 89.5 Å². The zero-order valence-electron chi connectivity index (χ0n) is 28.9. The van der Waals surface area contributed by atoms with Gasteiger partial charge in [-0.2, -0.15) is 38.4 Å². The van der Waals surface area contributed by atoms with Crippen LogP contribution in [-0.2, 0) is 30.4 Å². The number of azo groups is 2. The summed E-state index contributed by atoms with van der Waals surface area (Å²) in [6, 6.07) is 7.73. The Bertz CT molecular complexity index is 3150. The van der Waals surface area contributed by atoms with Crippen molar-refractivity contribution in [3.63, 3.8) is 0 Å². The number of aromatic hydroxyl groups is 1. The molecule has 0 aliphatic carbocycles. The summed E-state index contributed by atoms with van der Waals surface area (Å²) in [4.78, 5) is 11.0. The van der Waals surface area contributed by atoms with Gasteiger partial charge in [-0.3, -0.25) is 13.7 Å². The predicted octanol–water partition coefficient (Wildman–Crippen LogP) is 7.14. The molecule has 6 aromatic rings. The number of benzene rings is 4. The Morgan fingerprint density at radius 2 is 1.15 bits per heavy atom. The highest BCUT2D eigenvalue weighted by molar-refractivity contribution is 7.86. The van der Waals surface area contributed by atoms with Crippen LogP contribution in [0, 0.1) is 24.6 Å². The molecular weight excluding hydrogens is 875 g/mol. The van der Waals surface area contributed by atoms with Crippen molar-refractivity contribution >= 4 is 104 Å². The third kappa shape index (κ3) is 8.84. The zero-order chi connectivity index (χ0) is 43.2. The molecule has 0 amide bonds. The molecule has 59 heavy (non-hydrogen) atoms. The monoisotopic (exact) mass is 895 g/mol. The van der Waals surface area contributed by atoms with Gasteiger partial charge in [-0.05, 0) is 66.4 Å². The van der Waals surface area contributed by atoms with E-state index in [-0.39, 0.29) is 28.1 Å². The molecule has 6 rings (SSSR count). The number of aromatic nitrogens is 4. The third-order valence-corrected chi connectivity index (χ3v) is 10.8. The molecule has 0 bridgehead atoms. The summed E-state index contributed by atoms with van der Waals surface area (Å²) in [5.41, 5.74) is 2.86. The van der Waals surface area contributed by atoms with Crippen molar-refractivity contribution in [2.75, 3.05) is 16.4 Å². The second-order valence-corrected chi connectivity index (χ2v) is 16.3. The molecule has 4 aromatic carbocycles. The van der Waals surface area contributed by atoms with Crippen molar-refractivity contribution in [1.29, 1.82) is 0 Å². The SMILES string of the molecule is Cc1cc2cc(S(=O)(=O)O)c(N=Nc3cc(Nc4ncnc(F)c4Cl)ccc3S(=O)(=O)O)c(N)c2c(O)c1N=Nc1cc(Nc2ncnc(F)c2F)ccc1S(=O)(=O)O. The Labute approximate surface area is 333 Å². The number of nitrogen functional groups attached to an aromatic ring is 1. The van der Waals surface area contributed by atoms with Gasteiger partial charge in [0.1, 0.15) is 55.1 Å². The molecule has 21 nitrogen and oxygen atoms in total. The zero-order valence-corrected chi connectivity index (χ0v) is 32.1. The number of rotatable bonds is 11. The first-order valence-corrected chi connectivity index (χ1v) is 20.2. The first kappa shape index (κ1) is 42.1. The highest BCUT2D eigenvalue weighted by Gasteiger charge is 2.26. The van der Waals surface area contributed by atoms with Gasteiger partial charge in [0.15, 0.2) is 17.4 Å². The van der Waals surface area contributed by atoms with E-state index in [1.807, 2.05) is 0 Å². The standard InChI is InChI=1S/C31H21ClF3N11O10S3/c1-12-6-13-7-20(59(54,55)56)26(46-44-17-8-14(2-4-19(17)58(51,52)53)41-30-22(32)28(34)37-10-39-30)24(36)21(13)27(47)25(12)45-43-16-9-15(3-5-18(16)57(48,49)50)42-31-23(33)29(35)38-11-40-31/h2-11,47H,36H2,1H3,(H,37,39,41)(H,38,40,42)(H,48,49,50)(H,51,52,53)(H,54,55,56). The molecule has 2 aromatic heterocycles. The topological polar surface area (TPSA) is 334 Å². The highest BCUT2D eigenvalue weighted by Crippen LogP contribution is 2.47. The summed E-state index contributed by atoms with van der Waals surface area (Å²) >= 11 is 5.87. The number of nitrogens with zero attached hydrogens (tertiary/aromatic N) is 8. The number of fused-ring (bicyclic) bond motifs is 1. The lowest BCUT2D eigenvalue weighted by Crippen LogP contribution is -2.03. The van der Waals surface area contributed by atoms with Gasteiger partial charge in [0.25, 0.3) is 36.3 Å². The number of anilines is 5. The maximum atomic E-state index is 14.2. The fourth-order valence-electron chi connectivity index (χ4n) is 5.23. The van der Waals surface area contributed by atoms with Crippen LogP contribution in [0.5, 0.6) is 5.75 Å². The Balaban J connectivity index is 1.48. The summed E-state index contributed by atoms with van der Waals surface area (Å²) in [7, 11) is -15.3. The van der Waals surface area contributed by atoms with Gasteiger partial charge in [-0.25, -0.2) is 19.9 Å². The van der Waals surface area contributed by atoms with E-state index in [1.165, 1.54) is 13.0 Å². The summed E-state index contributed by atoms with van der Waals surface area (Å²) in [6.07, 6.45) is 1.52. The molecule has 8 N–H and O–H groups in total. The van der Waals surface area contributed by atoms with E-state index in [0.29, 0.717) is 6.33 Å². The van der Waals surface area contributed by atoms with Crippen LogP contribution in [0.2, 0.25) is 5.02 Å². The second-order valence-electron chi connectivity index (χ2n) is 11.7. The van der Waals surface area contributed by atoms with Crippen LogP contribution in [-0.4, -0.2) is 64.0 Å². The quantitative estimate of drug-likeness (QED) is 0.0294. The van der Waals surface area contributed by atoms with Crippen LogP contribution in [0.3, 0.4) is 0 Å². The smallest absolute Gasteiger partial charge is 0.296 e. The molecule has 0 spiro atoms. The summed E-state index contributed by atoms with van der Waals surface area (Å²) in [5, 5.41) is 30.5. The predicted molar refractivity (Wildman–Crippen MR) is 201 cm³/mol. The van der Waals surface area contributed by atoms with Crippen LogP contribution in [0.25, 0.3) is 10.8 Å². The Hall–Kier alpha value is -6.49. The Kier molecular flexibility index (Phi) is 11.2. The molecule has 0 saturated heterocycles. The first-order chi connectivity index (χ1) is 27.5. The summed E-state index contributed by atoms with van der Waals surface area (Å²) in [5.74, 6) is -5.85. The molecule has 2 heterocycles. The minimum absolute atomic E-state index is 0.0424. The van der Waals surface area contributed by atoms with E-state index >= 15 is 0 Å². The maximum absolute atomic E-state index is 14.2. The van der Waals surface area contributed by atoms with Crippen molar-refractivity contribution in [2.45, 2.75) is 21.6 Å². The van der Waals surface area contributed by atoms with Crippen molar-refractivity contribution in [2.24, 2.45) is 20.5 Å². The average molecular weight is 896 g/mol. The number of nitrogens with two attached hydrogens (primary N) is 1. The fourth-order valence-corrected chi connectivity index (χ4v) is 7.26. The minimum atomic E-state index is -5.22. The van der Waals surface area contributed by atoms with Gasteiger partial charge in [0.05, 0.1) is 11.1 Å².